The van der Waals surface area contributed by atoms with Crippen molar-refractivity contribution >= 4 is 34.9 Å². The van der Waals surface area contributed by atoms with Crippen LogP contribution in [0.5, 0.6) is 11.5 Å². The lowest BCUT2D eigenvalue weighted by Gasteiger charge is -2.13. The molecule has 116 valence electrons. The van der Waals surface area contributed by atoms with Crippen LogP contribution in [0.2, 0.25) is 0 Å². The molecule has 8 heteroatoms. The minimum atomic E-state index is -1.32. The van der Waals surface area contributed by atoms with Gasteiger partial charge in [-0.1, -0.05) is 6.07 Å². The minimum absolute atomic E-state index is 0.152. The van der Waals surface area contributed by atoms with E-state index in [0.29, 0.717) is 23.8 Å². The molecular formula is C14H13N2O5S-. The molecular weight excluding hydrogens is 308 g/mol. The molecule has 0 saturated heterocycles. The van der Waals surface area contributed by atoms with Crippen molar-refractivity contribution in [1.29, 1.82) is 0 Å². The fraction of sp³-hybridized carbons (Fsp3) is 0.286. The Balaban J connectivity index is 2.17. The highest BCUT2D eigenvalue weighted by molar-refractivity contribution is 7.80. The van der Waals surface area contributed by atoms with Crippen LogP contribution in [0.15, 0.2) is 23.2 Å². The number of carbonyl (C=O) groups is 2. The van der Waals surface area contributed by atoms with E-state index in [-0.39, 0.29) is 17.4 Å². The van der Waals surface area contributed by atoms with Crippen molar-refractivity contribution in [3.05, 3.63) is 23.8 Å². The molecule has 2 rings (SSSR count). The first-order valence-electron chi connectivity index (χ1n) is 6.51. The third-order valence-corrected chi connectivity index (χ3v) is 2.94. The van der Waals surface area contributed by atoms with E-state index in [1.54, 1.807) is 25.1 Å². The van der Waals surface area contributed by atoms with Crippen LogP contribution < -0.4 is 19.9 Å². The summed E-state index contributed by atoms with van der Waals surface area (Å²) in [7, 11) is 0. The normalized spacial score (nSPS) is 13.6. The van der Waals surface area contributed by atoms with Crippen molar-refractivity contribution in [2.45, 2.75) is 13.3 Å². The highest BCUT2D eigenvalue weighted by Gasteiger charge is 2.21. The highest BCUT2D eigenvalue weighted by Crippen LogP contribution is 2.29. The lowest BCUT2D eigenvalue weighted by Crippen LogP contribution is -2.29. The number of aliphatic carboxylic acids is 1. The van der Waals surface area contributed by atoms with Gasteiger partial charge in [0.05, 0.1) is 12.6 Å². The van der Waals surface area contributed by atoms with Crippen LogP contribution in [0.4, 0.5) is 0 Å². The summed E-state index contributed by atoms with van der Waals surface area (Å²) in [6, 6.07) is 4.95. The molecule has 0 spiro atoms. The molecule has 1 aromatic carbocycles. The topological polar surface area (TPSA) is 100 Å². The Kier molecular flexibility index (Phi) is 5.05. The Labute approximate surface area is 131 Å². The Morgan fingerprint density at radius 1 is 1.36 bits per heavy atom. The van der Waals surface area contributed by atoms with Crippen molar-refractivity contribution in [2.24, 2.45) is 4.99 Å². The molecule has 1 amide bonds. The molecule has 7 nitrogen and oxygen atoms in total. The van der Waals surface area contributed by atoms with Crippen molar-refractivity contribution in [3.8, 4) is 11.5 Å². The summed E-state index contributed by atoms with van der Waals surface area (Å²) >= 11 is 4.81. The van der Waals surface area contributed by atoms with Gasteiger partial charge >= 0.3 is 0 Å². The van der Waals surface area contributed by atoms with Gasteiger partial charge in [0.15, 0.2) is 16.6 Å². The first-order chi connectivity index (χ1) is 10.5. The average molecular weight is 321 g/mol. The van der Waals surface area contributed by atoms with Crippen molar-refractivity contribution < 1.29 is 24.2 Å². The molecule has 0 aromatic heterocycles. The van der Waals surface area contributed by atoms with Gasteiger partial charge in [0, 0.05) is 6.42 Å². The van der Waals surface area contributed by atoms with E-state index in [4.69, 9.17) is 21.7 Å². The van der Waals surface area contributed by atoms with Crippen molar-refractivity contribution in [2.75, 3.05) is 13.2 Å². The number of nitrogens with zero attached hydrogens (tertiary/aromatic N) is 1. The predicted octanol–water partition coefficient (Wildman–Crippen LogP) is -0.388. The van der Waals surface area contributed by atoms with Crippen LogP contribution in [-0.2, 0) is 16.0 Å². The second-order valence-electron chi connectivity index (χ2n) is 4.37. The van der Waals surface area contributed by atoms with E-state index in [1.807, 2.05) is 0 Å². The van der Waals surface area contributed by atoms with Gasteiger partial charge < -0.3 is 19.4 Å². The maximum absolute atomic E-state index is 11.6. The number of benzene rings is 1. The second-order valence-corrected chi connectivity index (χ2v) is 4.76. The first kappa shape index (κ1) is 15.9. The Hall–Kier alpha value is -2.48. The van der Waals surface area contributed by atoms with E-state index in [1.165, 1.54) is 0 Å². The number of nitrogens with one attached hydrogen (secondary N) is 1. The van der Waals surface area contributed by atoms with Crippen LogP contribution in [0.3, 0.4) is 0 Å². The number of carboxylic acid groups (broad SMARTS) is 1. The molecule has 0 atom stereocenters. The van der Waals surface area contributed by atoms with Crippen molar-refractivity contribution in [1.82, 2.24) is 5.32 Å². The van der Waals surface area contributed by atoms with Crippen LogP contribution in [-0.4, -0.2) is 35.9 Å². The number of carboxylic acids is 1. The molecule has 1 aliphatic rings. The summed E-state index contributed by atoms with van der Waals surface area (Å²) in [5.41, 5.74) is 1.08. The first-order valence-corrected chi connectivity index (χ1v) is 6.91. The maximum atomic E-state index is 11.6. The summed E-state index contributed by atoms with van der Waals surface area (Å²) in [6.07, 6.45) is 0.285. The SMILES string of the molecule is CCOc1cc(CC2=NC(=S)NC2=O)ccc1OCC(=O)[O-]. The molecule has 1 heterocycles. The summed E-state index contributed by atoms with van der Waals surface area (Å²) in [4.78, 5) is 26.0. The lowest BCUT2D eigenvalue weighted by molar-refractivity contribution is -0.307. The van der Waals surface area contributed by atoms with Crippen LogP contribution in [0.1, 0.15) is 12.5 Å². The smallest absolute Gasteiger partial charge is 0.272 e. The van der Waals surface area contributed by atoms with Crippen LogP contribution >= 0.6 is 12.2 Å². The zero-order valence-corrected chi connectivity index (χ0v) is 12.6. The summed E-state index contributed by atoms with van der Waals surface area (Å²) in [5.74, 6) is -0.955. The number of hydrogen-bond donors (Lipinski definition) is 1. The number of ether oxygens (including phenoxy) is 2. The monoisotopic (exact) mass is 321 g/mol. The predicted molar refractivity (Wildman–Crippen MR) is 80.0 cm³/mol. The van der Waals surface area contributed by atoms with E-state index >= 15 is 0 Å². The third kappa shape index (κ3) is 4.01. The number of thiocarbonyl (C=S) groups is 1. The molecule has 22 heavy (non-hydrogen) atoms. The number of rotatable bonds is 7. The van der Waals surface area contributed by atoms with E-state index in [9.17, 15) is 14.7 Å². The third-order valence-electron chi connectivity index (χ3n) is 2.74. The summed E-state index contributed by atoms with van der Waals surface area (Å²) in [5, 5.41) is 13.0. The molecule has 1 N–H and O–H groups in total. The van der Waals surface area contributed by atoms with Crippen LogP contribution in [0.25, 0.3) is 0 Å². The quantitative estimate of drug-likeness (QED) is 0.687. The molecule has 1 aromatic rings. The van der Waals surface area contributed by atoms with E-state index in [0.717, 1.165) is 5.56 Å². The summed E-state index contributed by atoms with van der Waals surface area (Å²) < 4.78 is 10.5. The molecule has 0 unspecified atom stereocenters. The lowest BCUT2D eigenvalue weighted by atomic mass is 10.1. The average Bonchev–Trinajstić information content (AvgIpc) is 2.76. The Bertz CT molecular complexity index is 657. The van der Waals surface area contributed by atoms with Gasteiger partial charge in [0.1, 0.15) is 12.3 Å². The number of carbonyl (C=O) groups excluding carboxylic acids is 2. The molecule has 0 saturated carbocycles. The number of aliphatic imine (C=N–C) groups is 1. The molecule has 0 radical (unpaired) electrons. The van der Waals surface area contributed by atoms with Gasteiger partial charge in [-0.3, -0.25) is 10.1 Å². The molecule has 0 fully saturated rings. The number of amides is 1. The molecule has 0 bridgehead atoms. The second kappa shape index (κ2) is 6.99. The molecule has 1 aliphatic heterocycles. The summed E-state index contributed by atoms with van der Waals surface area (Å²) in [6.45, 7) is 1.61. The van der Waals surface area contributed by atoms with Gasteiger partial charge in [0.2, 0.25) is 0 Å². The van der Waals surface area contributed by atoms with Crippen molar-refractivity contribution in [3.63, 3.8) is 0 Å². The standard InChI is InChI=1S/C14H14N2O5S/c1-2-20-11-6-8(3-4-10(11)21-7-12(17)18)5-9-13(19)16-14(22)15-9/h3-4,6H,2,5,7H2,1H3,(H,17,18)(H,16,19,22)/p-1. The zero-order valence-electron chi connectivity index (χ0n) is 11.8. The minimum Gasteiger partial charge on any atom is -0.546 e. The van der Waals surface area contributed by atoms with E-state index in [2.05, 4.69) is 10.3 Å². The largest absolute Gasteiger partial charge is 0.546 e. The van der Waals surface area contributed by atoms with E-state index < -0.39 is 12.6 Å². The van der Waals surface area contributed by atoms with Crippen LogP contribution in [0, 0.1) is 0 Å². The van der Waals surface area contributed by atoms with Gasteiger partial charge in [0.25, 0.3) is 5.91 Å². The molecule has 0 aliphatic carbocycles. The highest BCUT2D eigenvalue weighted by atomic mass is 32.1. The number of hydrogen-bond acceptors (Lipinski definition) is 6. The van der Waals surface area contributed by atoms with Gasteiger partial charge in [-0.15, -0.1) is 0 Å². The Morgan fingerprint density at radius 3 is 2.73 bits per heavy atom. The fourth-order valence-electron chi connectivity index (χ4n) is 1.87. The van der Waals surface area contributed by atoms with Gasteiger partial charge in [-0.2, -0.15) is 0 Å². The Morgan fingerprint density at radius 2 is 2.14 bits per heavy atom. The van der Waals surface area contributed by atoms with Gasteiger partial charge in [-0.05, 0) is 36.8 Å². The fourth-order valence-corrected chi connectivity index (χ4v) is 2.07. The zero-order chi connectivity index (χ0) is 16.1. The maximum Gasteiger partial charge on any atom is 0.272 e. The van der Waals surface area contributed by atoms with Gasteiger partial charge in [-0.25, -0.2) is 4.99 Å².